The van der Waals surface area contributed by atoms with Crippen molar-refractivity contribution in [2.24, 2.45) is 0 Å². The van der Waals surface area contributed by atoms with Crippen LogP contribution in [-0.4, -0.2) is 44.3 Å². The van der Waals surface area contributed by atoms with Crippen LogP contribution in [0.5, 0.6) is 0 Å². The number of sulfone groups is 1. The second-order valence-corrected chi connectivity index (χ2v) is 9.03. The van der Waals surface area contributed by atoms with Gasteiger partial charge in [-0.25, -0.2) is 23.4 Å². The number of benzene rings is 1. The summed E-state index contributed by atoms with van der Waals surface area (Å²) in [6.45, 7) is 3.17. The van der Waals surface area contributed by atoms with Crippen molar-refractivity contribution in [3.05, 3.63) is 59.4 Å². The molecular formula is C17H17ClN6O3S. The van der Waals surface area contributed by atoms with Gasteiger partial charge in [0, 0.05) is 23.0 Å². The van der Waals surface area contributed by atoms with Crippen molar-refractivity contribution in [3.63, 3.8) is 0 Å². The summed E-state index contributed by atoms with van der Waals surface area (Å²) in [5, 5.41) is 6.25. The van der Waals surface area contributed by atoms with Crippen LogP contribution in [-0.2, 0) is 16.4 Å². The standard InChI is InChI=1S/C17H17ClN6O3S/c1-11(2)28(26,27)14-7-12(6-13(18)8-14)16(25)21-9-15-22-10-23-24(15)17-19-4-3-5-20-17/h3-8,10-11H,9H2,1-2H3,(H,21,25). The number of nitrogens with zero attached hydrogens (tertiary/aromatic N) is 5. The molecule has 0 aliphatic carbocycles. The molecule has 1 amide bonds. The highest BCUT2D eigenvalue weighted by atomic mass is 35.5. The highest BCUT2D eigenvalue weighted by Gasteiger charge is 2.22. The predicted molar refractivity (Wildman–Crippen MR) is 102 cm³/mol. The van der Waals surface area contributed by atoms with Gasteiger partial charge in [0.1, 0.15) is 6.33 Å². The van der Waals surface area contributed by atoms with Crippen LogP contribution in [0.25, 0.3) is 5.95 Å². The average molecular weight is 421 g/mol. The second kappa shape index (κ2) is 8.03. The van der Waals surface area contributed by atoms with E-state index in [1.165, 1.54) is 29.2 Å². The number of nitrogens with one attached hydrogen (secondary N) is 1. The molecule has 0 aliphatic heterocycles. The second-order valence-electron chi connectivity index (χ2n) is 6.09. The molecule has 0 fully saturated rings. The Balaban J connectivity index is 1.80. The Labute approximate surface area is 166 Å². The summed E-state index contributed by atoms with van der Waals surface area (Å²) in [6, 6.07) is 5.71. The first-order valence-electron chi connectivity index (χ1n) is 8.28. The number of halogens is 1. The molecule has 1 N–H and O–H groups in total. The maximum atomic E-state index is 12.5. The maximum absolute atomic E-state index is 12.5. The zero-order chi connectivity index (χ0) is 20.3. The van der Waals surface area contributed by atoms with E-state index >= 15 is 0 Å². The lowest BCUT2D eigenvalue weighted by Gasteiger charge is -2.11. The summed E-state index contributed by atoms with van der Waals surface area (Å²) in [6.07, 6.45) is 4.45. The van der Waals surface area contributed by atoms with Crippen LogP contribution in [0.1, 0.15) is 30.0 Å². The van der Waals surface area contributed by atoms with Crippen molar-refractivity contribution < 1.29 is 13.2 Å². The fraction of sp³-hybridized carbons (Fsp3) is 0.235. The van der Waals surface area contributed by atoms with Crippen LogP contribution in [0.4, 0.5) is 0 Å². The Hall–Kier alpha value is -2.85. The Morgan fingerprint density at radius 3 is 2.57 bits per heavy atom. The molecule has 0 aliphatic rings. The lowest BCUT2D eigenvalue weighted by molar-refractivity contribution is 0.0949. The lowest BCUT2D eigenvalue weighted by atomic mass is 10.2. The van der Waals surface area contributed by atoms with Crippen LogP contribution in [0.2, 0.25) is 5.02 Å². The van der Waals surface area contributed by atoms with Gasteiger partial charge in [-0.3, -0.25) is 4.79 Å². The molecule has 2 aromatic heterocycles. The molecule has 9 nitrogen and oxygen atoms in total. The Morgan fingerprint density at radius 1 is 1.18 bits per heavy atom. The molecule has 28 heavy (non-hydrogen) atoms. The fourth-order valence-electron chi connectivity index (χ4n) is 2.35. The number of rotatable bonds is 6. The van der Waals surface area contributed by atoms with E-state index in [2.05, 4.69) is 25.4 Å². The van der Waals surface area contributed by atoms with Gasteiger partial charge >= 0.3 is 0 Å². The molecule has 0 atom stereocenters. The van der Waals surface area contributed by atoms with E-state index in [1.807, 2.05) is 0 Å². The van der Waals surface area contributed by atoms with Crippen molar-refractivity contribution in [2.75, 3.05) is 0 Å². The predicted octanol–water partition coefficient (Wildman–Crippen LogP) is 1.82. The molecule has 3 aromatic rings. The van der Waals surface area contributed by atoms with Gasteiger partial charge in [0.05, 0.1) is 16.7 Å². The van der Waals surface area contributed by atoms with Crippen molar-refractivity contribution in [3.8, 4) is 5.95 Å². The van der Waals surface area contributed by atoms with Crippen molar-refractivity contribution in [1.29, 1.82) is 0 Å². The summed E-state index contributed by atoms with van der Waals surface area (Å²) in [7, 11) is -3.56. The van der Waals surface area contributed by atoms with Gasteiger partial charge in [0.2, 0.25) is 0 Å². The molecule has 0 unspecified atom stereocenters. The zero-order valence-corrected chi connectivity index (χ0v) is 16.6. The van der Waals surface area contributed by atoms with E-state index in [0.717, 1.165) is 0 Å². The maximum Gasteiger partial charge on any atom is 0.252 e. The number of aromatic nitrogens is 5. The SMILES string of the molecule is CC(C)S(=O)(=O)c1cc(Cl)cc(C(=O)NCc2ncnn2-c2ncccn2)c1. The number of hydrogen-bond acceptors (Lipinski definition) is 7. The molecule has 0 radical (unpaired) electrons. The quantitative estimate of drug-likeness (QED) is 0.645. The Kier molecular flexibility index (Phi) is 5.71. The molecule has 1 aromatic carbocycles. The molecule has 0 bridgehead atoms. The van der Waals surface area contributed by atoms with E-state index in [-0.39, 0.29) is 22.0 Å². The number of amides is 1. The fourth-order valence-corrected chi connectivity index (χ4v) is 3.77. The molecule has 2 heterocycles. The normalized spacial score (nSPS) is 11.6. The van der Waals surface area contributed by atoms with Crippen molar-refractivity contribution >= 4 is 27.3 Å². The largest absolute Gasteiger partial charge is 0.345 e. The van der Waals surface area contributed by atoms with Crippen LogP contribution >= 0.6 is 11.6 Å². The summed E-state index contributed by atoms with van der Waals surface area (Å²) in [4.78, 5) is 24.8. The number of carbonyl (C=O) groups excluding carboxylic acids is 1. The Morgan fingerprint density at radius 2 is 1.89 bits per heavy atom. The molecule has 146 valence electrons. The zero-order valence-electron chi connectivity index (χ0n) is 15.1. The van der Waals surface area contributed by atoms with Gasteiger partial charge in [-0.15, -0.1) is 0 Å². The minimum Gasteiger partial charge on any atom is -0.345 e. The average Bonchev–Trinajstić information content (AvgIpc) is 3.14. The molecular weight excluding hydrogens is 404 g/mol. The van der Waals surface area contributed by atoms with Crippen molar-refractivity contribution in [2.45, 2.75) is 30.5 Å². The molecule has 11 heteroatoms. The summed E-state index contributed by atoms with van der Waals surface area (Å²) < 4.78 is 26.2. The minimum absolute atomic E-state index is 0.000928. The van der Waals surface area contributed by atoms with E-state index in [0.29, 0.717) is 11.8 Å². The van der Waals surface area contributed by atoms with Gasteiger partial charge in [-0.1, -0.05) is 11.6 Å². The van der Waals surface area contributed by atoms with Crippen LogP contribution < -0.4 is 5.32 Å². The van der Waals surface area contributed by atoms with Crippen molar-refractivity contribution in [1.82, 2.24) is 30.0 Å². The summed E-state index contributed by atoms with van der Waals surface area (Å²) in [5.41, 5.74) is 0.133. The first kappa shape index (κ1) is 19.9. The highest BCUT2D eigenvalue weighted by molar-refractivity contribution is 7.92. The molecule has 0 saturated heterocycles. The van der Waals surface area contributed by atoms with E-state index in [4.69, 9.17) is 11.6 Å². The third-order valence-corrected chi connectivity index (χ3v) is 6.20. The number of hydrogen-bond donors (Lipinski definition) is 1. The smallest absolute Gasteiger partial charge is 0.252 e. The molecule has 0 spiro atoms. The lowest BCUT2D eigenvalue weighted by Crippen LogP contribution is -2.25. The number of carbonyl (C=O) groups is 1. The third-order valence-electron chi connectivity index (χ3n) is 3.85. The summed E-state index contributed by atoms with van der Waals surface area (Å²) >= 11 is 6.02. The minimum atomic E-state index is -3.56. The van der Waals surface area contributed by atoms with Crippen LogP contribution in [0.15, 0.2) is 47.9 Å². The van der Waals surface area contributed by atoms with E-state index in [9.17, 15) is 13.2 Å². The van der Waals surface area contributed by atoms with Gasteiger partial charge in [0.25, 0.3) is 11.9 Å². The molecule has 0 saturated carbocycles. The first-order valence-corrected chi connectivity index (χ1v) is 10.2. The summed E-state index contributed by atoms with van der Waals surface area (Å²) in [5.74, 6) is 0.236. The van der Waals surface area contributed by atoms with E-state index in [1.54, 1.807) is 32.3 Å². The van der Waals surface area contributed by atoms with Gasteiger partial charge in [-0.2, -0.15) is 9.78 Å². The van der Waals surface area contributed by atoms with Crippen LogP contribution in [0, 0.1) is 0 Å². The van der Waals surface area contributed by atoms with Gasteiger partial charge in [-0.05, 0) is 38.1 Å². The third kappa shape index (κ3) is 4.18. The highest BCUT2D eigenvalue weighted by Crippen LogP contribution is 2.22. The van der Waals surface area contributed by atoms with Crippen LogP contribution in [0.3, 0.4) is 0 Å². The topological polar surface area (TPSA) is 120 Å². The monoisotopic (exact) mass is 420 g/mol. The molecule has 3 rings (SSSR count). The Bertz CT molecular complexity index is 1100. The van der Waals surface area contributed by atoms with E-state index < -0.39 is 21.0 Å². The van der Waals surface area contributed by atoms with Gasteiger partial charge < -0.3 is 5.32 Å². The van der Waals surface area contributed by atoms with Gasteiger partial charge in [0.15, 0.2) is 15.7 Å². The first-order chi connectivity index (χ1) is 13.3.